The quantitative estimate of drug-likeness (QED) is 0.217. The summed E-state index contributed by atoms with van der Waals surface area (Å²) >= 11 is 0. The maximum absolute atomic E-state index is 13.7. The number of aromatic nitrogens is 4. The van der Waals surface area contributed by atoms with Gasteiger partial charge in [0.1, 0.15) is 29.7 Å². The lowest BCUT2D eigenvalue weighted by atomic mass is 9.96. The van der Waals surface area contributed by atoms with E-state index in [1.807, 2.05) is 0 Å². The number of nitrogens with zero attached hydrogens (tertiary/aromatic N) is 4. The summed E-state index contributed by atoms with van der Waals surface area (Å²) in [7, 11) is -1.82. The fourth-order valence-electron chi connectivity index (χ4n) is 4.08. The summed E-state index contributed by atoms with van der Waals surface area (Å²) in [5, 5.41) is 24.7. The first-order valence-corrected chi connectivity index (χ1v) is 14.0. The molecule has 2 aromatic heterocycles. The van der Waals surface area contributed by atoms with E-state index in [2.05, 4.69) is 20.0 Å². The lowest BCUT2D eigenvalue weighted by molar-refractivity contribution is -0.145. The van der Waals surface area contributed by atoms with Crippen LogP contribution >= 0.6 is 7.75 Å². The minimum absolute atomic E-state index is 0.0649. The van der Waals surface area contributed by atoms with Crippen molar-refractivity contribution in [3.05, 3.63) is 12.2 Å². The number of imidazole rings is 1. The molecule has 224 valence electrons. The van der Waals surface area contributed by atoms with Crippen LogP contribution in [0, 0.1) is 12.8 Å². The molecule has 3 rings (SSSR count). The van der Waals surface area contributed by atoms with Crippen LogP contribution in [-0.2, 0) is 37.4 Å². The van der Waals surface area contributed by atoms with Gasteiger partial charge in [-0.3, -0.25) is 18.4 Å². The summed E-state index contributed by atoms with van der Waals surface area (Å²) in [5.41, 5.74) is -1.29. The van der Waals surface area contributed by atoms with Gasteiger partial charge >= 0.3 is 19.7 Å². The Balaban J connectivity index is 1.85. The molecule has 3 heterocycles. The van der Waals surface area contributed by atoms with E-state index in [1.54, 1.807) is 27.7 Å². The third kappa shape index (κ3) is 6.77. The van der Waals surface area contributed by atoms with Gasteiger partial charge in [0.15, 0.2) is 24.0 Å². The molecule has 0 saturated carbocycles. The van der Waals surface area contributed by atoms with Crippen LogP contribution in [0.15, 0.2) is 6.33 Å². The highest BCUT2D eigenvalue weighted by atomic mass is 31.2. The summed E-state index contributed by atoms with van der Waals surface area (Å²) in [4.78, 5) is 37.0. The molecule has 6 atom stereocenters. The molecule has 2 unspecified atom stereocenters. The molecule has 0 radical (unpaired) electrons. The zero-order valence-electron chi connectivity index (χ0n) is 23.4. The Bertz CT molecular complexity index is 1250. The molecular weight excluding hydrogens is 553 g/mol. The Hall–Kier alpha value is -2.72. The fraction of sp³-hybridized carbons (Fsp3) is 0.696. The summed E-state index contributed by atoms with van der Waals surface area (Å²) in [6.07, 6.45) is -2.63. The van der Waals surface area contributed by atoms with Crippen molar-refractivity contribution in [1.82, 2.24) is 24.6 Å². The average Bonchev–Trinajstić information content (AvgIpc) is 3.41. The number of ether oxygens (including phenoxy) is 4. The maximum atomic E-state index is 13.7. The van der Waals surface area contributed by atoms with E-state index in [9.17, 15) is 24.4 Å². The minimum Gasteiger partial charge on any atom is -0.479 e. The van der Waals surface area contributed by atoms with Gasteiger partial charge in [0.05, 0.1) is 33.8 Å². The number of aryl methyl sites for hydroxylation is 1. The third-order valence-corrected chi connectivity index (χ3v) is 7.74. The summed E-state index contributed by atoms with van der Waals surface area (Å²) in [6.45, 7) is 6.68. The highest BCUT2D eigenvalue weighted by Gasteiger charge is 2.54. The second kappa shape index (κ2) is 12.9. The summed E-state index contributed by atoms with van der Waals surface area (Å²) in [5.74, 6) is -1.37. The molecule has 1 saturated heterocycles. The van der Waals surface area contributed by atoms with Crippen molar-refractivity contribution in [3.8, 4) is 5.88 Å². The molecule has 0 aromatic carbocycles. The number of esters is 2. The van der Waals surface area contributed by atoms with Crippen molar-refractivity contribution in [2.45, 2.75) is 64.7 Å². The van der Waals surface area contributed by atoms with Crippen LogP contribution in [0.1, 0.15) is 39.7 Å². The van der Waals surface area contributed by atoms with Crippen LogP contribution in [0.3, 0.4) is 0 Å². The topological polar surface area (TPSA) is 203 Å². The monoisotopic (exact) mass is 589 g/mol. The van der Waals surface area contributed by atoms with E-state index in [1.165, 1.54) is 24.9 Å². The molecule has 0 bridgehead atoms. The number of carbonyl (C=O) groups is 2. The van der Waals surface area contributed by atoms with Gasteiger partial charge in [-0.2, -0.15) is 4.98 Å². The lowest BCUT2D eigenvalue weighted by Crippen LogP contribution is -2.45. The number of rotatable bonds is 13. The molecule has 16 nitrogen and oxygen atoms in total. The van der Waals surface area contributed by atoms with Crippen molar-refractivity contribution in [2.75, 3.05) is 34.0 Å². The Kier molecular flexibility index (Phi) is 10.2. The normalized spacial score (nSPS) is 25.1. The minimum atomic E-state index is -4.41. The number of fused-ring (bicyclic) bond motifs is 1. The second-order valence-corrected chi connectivity index (χ2v) is 11.3. The number of carbonyl (C=O) groups excluding carboxylic acids is 2. The largest absolute Gasteiger partial charge is 0.479 e. The van der Waals surface area contributed by atoms with Gasteiger partial charge in [-0.05, 0) is 26.7 Å². The molecule has 2 aromatic rings. The number of aliphatic hydroxyl groups is 2. The maximum Gasteiger partial charge on any atom is 0.406 e. The third-order valence-electron chi connectivity index (χ3n) is 6.19. The average molecular weight is 590 g/mol. The van der Waals surface area contributed by atoms with Crippen LogP contribution in [0.4, 0.5) is 0 Å². The predicted octanol–water partition coefficient (Wildman–Crippen LogP) is 0.644. The van der Waals surface area contributed by atoms with Crippen molar-refractivity contribution in [1.29, 1.82) is 0 Å². The van der Waals surface area contributed by atoms with Crippen LogP contribution < -0.4 is 9.82 Å². The lowest BCUT2D eigenvalue weighted by Gasteiger charge is -2.28. The van der Waals surface area contributed by atoms with Crippen molar-refractivity contribution in [3.63, 3.8) is 0 Å². The number of hydrogen-bond acceptors (Lipinski definition) is 14. The molecule has 17 heteroatoms. The van der Waals surface area contributed by atoms with E-state index in [0.717, 1.165) is 7.11 Å². The van der Waals surface area contributed by atoms with Gasteiger partial charge in [-0.1, -0.05) is 13.8 Å². The predicted molar refractivity (Wildman–Crippen MR) is 137 cm³/mol. The smallest absolute Gasteiger partial charge is 0.406 e. The van der Waals surface area contributed by atoms with E-state index < -0.39 is 68.9 Å². The van der Waals surface area contributed by atoms with Gasteiger partial charge in [-0.25, -0.2) is 24.4 Å². The molecule has 40 heavy (non-hydrogen) atoms. The molecule has 0 spiro atoms. The van der Waals surface area contributed by atoms with Crippen molar-refractivity contribution < 1.29 is 52.4 Å². The Morgan fingerprint density at radius 1 is 1.27 bits per heavy atom. The number of nitrogens with one attached hydrogen (secondary N) is 1. The second-order valence-electron chi connectivity index (χ2n) is 9.55. The molecule has 1 aliphatic heterocycles. The van der Waals surface area contributed by atoms with Gasteiger partial charge in [-0.15, -0.1) is 0 Å². The first-order chi connectivity index (χ1) is 18.8. The van der Waals surface area contributed by atoms with Crippen molar-refractivity contribution >= 4 is 30.8 Å². The van der Waals surface area contributed by atoms with E-state index in [4.69, 9.17) is 28.0 Å². The van der Waals surface area contributed by atoms with Crippen LogP contribution in [0.2, 0.25) is 0 Å². The van der Waals surface area contributed by atoms with E-state index >= 15 is 0 Å². The number of methoxy groups -OCH3 is 2. The summed E-state index contributed by atoms with van der Waals surface area (Å²) in [6, 6.07) is -1.13. The molecule has 0 aliphatic carbocycles. The van der Waals surface area contributed by atoms with Crippen LogP contribution in [-0.4, -0.2) is 99.6 Å². The Morgan fingerprint density at radius 3 is 2.58 bits per heavy atom. The van der Waals surface area contributed by atoms with Crippen molar-refractivity contribution in [2.24, 2.45) is 5.92 Å². The highest BCUT2D eigenvalue weighted by Crippen LogP contribution is 2.47. The Labute approximate surface area is 230 Å². The van der Waals surface area contributed by atoms with E-state index in [-0.39, 0.29) is 18.1 Å². The Morgan fingerprint density at radius 2 is 1.98 bits per heavy atom. The zero-order chi connectivity index (χ0) is 29.8. The van der Waals surface area contributed by atoms with E-state index in [0.29, 0.717) is 11.3 Å². The van der Waals surface area contributed by atoms with Gasteiger partial charge in [0.2, 0.25) is 5.88 Å². The molecule has 1 aliphatic rings. The molecule has 1 fully saturated rings. The van der Waals surface area contributed by atoms with Gasteiger partial charge < -0.3 is 29.2 Å². The molecular formula is C23H36N5O11P. The first-order valence-electron chi connectivity index (χ1n) is 12.5. The SMILES string of the molecule is CCOC(=O)COP(=O)(N[C@H](C(=O)OC)C(C)C)OC[C@H]1O[C@@H](n2cnc3c(OC)nc(C)nc32)[C@@](C)(O)C1O. The fourth-order valence-corrected chi connectivity index (χ4v) is 5.67. The standard InChI is InChI=1S/C23H36N5O11P/c1-8-36-15(29)10-38-40(33,27-16(12(2)3)21(31)35-7)37-9-14-18(30)23(5,32)22(39-14)28-11-24-17-19(28)25-13(4)26-20(17)34-6/h11-12,14,16,18,22,30,32H,8-10H2,1-7H3,(H,27,33)/t14-,16+,18?,22-,23+,40?/m1/s1. The van der Waals surface area contributed by atoms with Gasteiger partial charge in [0, 0.05) is 0 Å². The first kappa shape index (κ1) is 31.8. The van der Waals surface area contributed by atoms with Crippen LogP contribution in [0.25, 0.3) is 11.2 Å². The highest BCUT2D eigenvalue weighted by molar-refractivity contribution is 7.51. The molecule has 3 N–H and O–H groups in total. The zero-order valence-corrected chi connectivity index (χ0v) is 24.3. The molecule has 0 amide bonds. The van der Waals surface area contributed by atoms with Gasteiger partial charge in [0.25, 0.3) is 0 Å². The number of aliphatic hydroxyl groups excluding tert-OH is 1. The number of hydrogen-bond donors (Lipinski definition) is 3. The van der Waals surface area contributed by atoms with Crippen LogP contribution in [0.5, 0.6) is 5.88 Å². The summed E-state index contributed by atoms with van der Waals surface area (Å²) < 4.78 is 46.6.